The summed E-state index contributed by atoms with van der Waals surface area (Å²) in [6, 6.07) is 11.2. The first-order valence-corrected chi connectivity index (χ1v) is 6.16. The maximum Gasteiger partial charge on any atom is 0.291 e. The first-order chi connectivity index (χ1) is 9.06. The second-order valence-electron chi connectivity index (χ2n) is 4.76. The van der Waals surface area contributed by atoms with E-state index in [1.807, 2.05) is 45.3 Å². The molecular weight excluding hydrogens is 240 g/mol. The molecule has 0 atom stereocenters. The lowest BCUT2D eigenvalue weighted by atomic mass is 10.1. The predicted molar refractivity (Wildman–Crippen MR) is 75.2 cm³/mol. The maximum atomic E-state index is 12.0. The average Bonchev–Trinajstić information content (AvgIpc) is 2.78. The Labute approximate surface area is 113 Å². The van der Waals surface area contributed by atoms with Gasteiger partial charge in [0.15, 0.2) is 5.76 Å². The van der Waals surface area contributed by atoms with Crippen molar-refractivity contribution in [2.24, 2.45) is 0 Å². The molecule has 0 saturated heterocycles. The van der Waals surface area contributed by atoms with E-state index in [1.54, 1.807) is 12.1 Å². The SMILES string of the molecule is Cc1ccc(C(=O)Nc2ccccc2CN(C)C)o1. The monoisotopic (exact) mass is 258 g/mol. The molecule has 1 amide bonds. The van der Waals surface area contributed by atoms with E-state index < -0.39 is 0 Å². The molecule has 4 nitrogen and oxygen atoms in total. The quantitative estimate of drug-likeness (QED) is 0.917. The van der Waals surface area contributed by atoms with Gasteiger partial charge in [0, 0.05) is 12.2 Å². The van der Waals surface area contributed by atoms with E-state index in [0.717, 1.165) is 23.6 Å². The number of aryl methyl sites for hydroxylation is 1. The minimum atomic E-state index is -0.223. The second kappa shape index (κ2) is 5.71. The van der Waals surface area contributed by atoms with Crippen molar-refractivity contribution in [3.8, 4) is 0 Å². The third-order valence-corrected chi connectivity index (χ3v) is 2.72. The zero-order valence-corrected chi connectivity index (χ0v) is 11.4. The summed E-state index contributed by atoms with van der Waals surface area (Å²) < 4.78 is 5.32. The number of carbonyl (C=O) groups is 1. The number of furan rings is 1. The molecule has 100 valence electrons. The van der Waals surface area contributed by atoms with Crippen LogP contribution in [0.4, 0.5) is 5.69 Å². The van der Waals surface area contributed by atoms with E-state index in [1.165, 1.54) is 0 Å². The van der Waals surface area contributed by atoms with Crippen LogP contribution in [0, 0.1) is 6.92 Å². The van der Waals surface area contributed by atoms with Crippen LogP contribution in [0.3, 0.4) is 0 Å². The fourth-order valence-corrected chi connectivity index (χ4v) is 1.86. The standard InChI is InChI=1S/C15H18N2O2/c1-11-8-9-14(19-11)15(18)16-13-7-5-4-6-12(13)10-17(2)3/h4-9H,10H2,1-3H3,(H,16,18). The van der Waals surface area contributed by atoms with E-state index in [4.69, 9.17) is 4.42 Å². The molecule has 2 aromatic rings. The summed E-state index contributed by atoms with van der Waals surface area (Å²) in [7, 11) is 3.99. The highest BCUT2D eigenvalue weighted by Gasteiger charge is 2.12. The molecule has 0 spiro atoms. The number of para-hydroxylation sites is 1. The molecule has 0 bridgehead atoms. The summed E-state index contributed by atoms with van der Waals surface area (Å²) in [5, 5.41) is 2.89. The van der Waals surface area contributed by atoms with E-state index in [9.17, 15) is 4.79 Å². The van der Waals surface area contributed by atoms with Gasteiger partial charge in [-0.3, -0.25) is 4.79 Å². The normalized spacial score (nSPS) is 10.7. The number of carbonyl (C=O) groups excluding carboxylic acids is 1. The Kier molecular flexibility index (Phi) is 4.02. The van der Waals surface area contributed by atoms with Crippen LogP contribution in [0.5, 0.6) is 0 Å². The van der Waals surface area contributed by atoms with Crippen molar-refractivity contribution < 1.29 is 9.21 Å². The van der Waals surface area contributed by atoms with Gasteiger partial charge in [0.25, 0.3) is 5.91 Å². The molecule has 4 heteroatoms. The Morgan fingerprint density at radius 1 is 1.21 bits per heavy atom. The molecule has 0 aliphatic heterocycles. The highest BCUT2D eigenvalue weighted by Crippen LogP contribution is 2.18. The van der Waals surface area contributed by atoms with Crippen molar-refractivity contribution in [1.82, 2.24) is 4.90 Å². The maximum absolute atomic E-state index is 12.0. The lowest BCUT2D eigenvalue weighted by Crippen LogP contribution is -2.16. The van der Waals surface area contributed by atoms with Crippen LogP contribution < -0.4 is 5.32 Å². The molecule has 1 aromatic heterocycles. The third-order valence-electron chi connectivity index (χ3n) is 2.72. The summed E-state index contributed by atoms with van der Waals surface area (Å²) in [4.78, 5) is 14.1. The van der Waals surface area contributed by atoms with Crippen molar-refractivity contribution in [1.29, 1.82) is 0 Å². The molecule has 0 aliphatic carbocycles. The fourth-order valence-electron chi connectivity index (χ4n) is 1.86. The van der Waals surface area contributed by atoms with Crippen molar-refractivity contribution in [3.05, 3.63) is 53.5 Å². The fraction of sp³-hybridized carbons (Fsp3) is 0.267. The van der Waals surface area contributed by atoms with E-state index in [2.05, 4.69) is 10.2 Å². The van der Waals surface area contributed by atoms with Crippen LogP contribution in [0.25, 0.3) is 0 Å². The molecule has 1 heterocycles. The summed E-state index contributed by atoms with van der Waals surface area (Å²) in [5.74, 6) is 0.836. The summed E-state index contributed by atoms with van der Waals surface area (Å²) in [6.07, 6.45) is 0. The zero-order valence-electron chi connectivity index (χ0n) is 11.4. The van der Waals surface area contributed by atoms with Gasteiger partial charge in [-0.25, -0.2) is 0 Å². The number of benzene rings is 1. The zero-order chi connectivity index (χ0) is 13.8. The van der Waals surface area contributed by atoms with Gasteiger partial charge in [0.1, 0.15) is 5.76 Å². The van der Waals surface area contributed by atoms with Crippen LogP contribution in [0.15, 0.2) is 40.8 Å². The highest BCUT2D eigenvalue weighted by atomic mass is 16.3. The molecular formula is C15H18N2O2. The van der Waals surface area contributed by atoms with Crippen LogP contribution in [0.2, 0.25) is 0 Å². The Hall–Kier alpha value is -2.07. The number of hydrogen-bond acceptors (Lipinski definition) is 3. The van der Waals surface area contributed by atoms with Crippen molar-refractivity contribution in [2.45, 2.75) is 13.5 Å². The van der Waals surface area contributed by atoms with Gasteiger partial charge >= 0.3 is 0 Å². The first-order valence-electron chi connectivity index (χ1n) is 6.16. The van der Waals surface area contributed by atoms with Crippen LogP contribution in [-0.4, -0.2) is 24.9 Å². The first kappa shape index (κ1) is 13.4. The molecule has 0 unspecified atom stereocenters. The number of rotatable bonds is 4. The van der Waals surface area contributed by atoms with Crippen LogP contribution in [0.1, 0.15) is 21.9 Å². The lowest BCUT2D eigenvalue weighted by molar-refractivity contribution is 0.0995. The predicted octanol–water partition coefficient (Wildman–Crippen LogP) is 2.90. The van der Waals surface area contributed by atoms with E-state index in [0.29, 0.717) is 5.76 Å². The number of nitrogens with zero attached hydrogens (tertiary/aromatic N) is 1. The van der Waals surface area contributed by atoms with Gasteiger partial charge in [-0.2, -0.15) is 0 Å². The Morgan fingerprint density at radius 2 is 1.95 bits per heavy atom. The Bertz CT molecular complexity index is 573. The topological polar surface area (TPSA) is 45.5 Å². The summed E-state index contributed by atoms with van der Waals surface area (Å²) in [6.45, 7) is 2.59. The number of nitrogens with one attached hydrogen (secondary N) is 1. The van der Waals surface area contributed by atoms with Gasteiger partial charge in [-0.05, 0) is 44.8 Å². The Morgan fingerprint density at radius 3 is 2.58 bits per heavy atom. The molecule has 0 aliphatic rings. The van der Waals surface area contributed by atoms with Gasteiger partial charge in [0.05, 0.1) is 0 Å². The van der Waals surface area contributed by atoms with Gasteiger partial charge < -0.3 is 14.6 Å². The van der Waals surface area contributed by atoms with E-state index >= 15 is 0 Å². The van der Waals surface area contributed by atoms with E-state index in [-0.39, 0.29) is 5.91 Å². The van der Waals surface area contributed by atoms with Gasteiger partial charge in [-0.15, -0.1) is 0 Å². The van der Waals surface area contributed by atoms with Crippen molar-refractivity contribution in [3.63, 3.8) is 0 Å². The molecule has 19 heavy (non-hydrogen) atoms. The third kappa shape index (κ3) is 3.45. The molecule has 0 saturated carbocycles. The molecule has 0 radical (unpaired) electrons. The molecule has 1 N–H and O–H groups in total. The molecule has 2 rings (SSSR count). The largest absolute Gasteiger partial charge is 0.456 e. The minimum Gasteiger partial charge on any atom is -0.456 e. The number of amides is 1. The molecule has 1 aromatic carbocycles. The Balaban J connectivity index is 2.16. The van der Waals surface area contributed by atoms with Crippen LogP contribution in [-0.2, 0) is 6.54 Å². The summed E-state index contributed by atoms with van der Waals surface area (Å²) >= 11 is 0. The van der Waals surface area contributed by atoms with Gasteiger partial charge in [-0.1, -0.05) is 18.2 Å². The molecule has 0 fully saturated rings. The highest BCUT2D eigenvalue weighted by molar-refractivity contribution is 6.02. The minimum absolute atomic E-state index is 0.223. The second-order valence-corrected chi connectivity index (χ2v) is 4.76. The number of hydrogen-bond donors (Lipinski definition) is 1. The van der Waals surface area contributed by atoms with Crippen LogP contribution >= 0.6 is 0 Å². The average molecular weight is 258 g/mol. The van der Waals surface area contributed by atoms with Crippen molar-refractivity contribution in [2.75, 3.05) is 19.4 Å². The number of anilines is 1. The smallest absolute Gasteiger partial charge is 0.291 e. The lowest BCUT2D eigenvalue weighted by Gasteiger charge is -2.14. The van der Waals surface area contributed by atoms with Crippen molar-refractivity contribution >= 4 is 11.6 Å². The summed E-state index contributed by atoms with van der Waals surface area (Å²) in [5.41, 5.74) is 1.89. The van der Waals surface area contributed by atoms with Gasteiger partial charge in [0.2, 0.25) is 0 Å².